The molecule has 2 fully saturated rings. The van der Waals surface area contributed by atoms with Gasteiger partial charge in [-0.1, -0.05) is 48.5 Å². The molecule has 0 bridgehead atoms. The molecule has 0 aliphatic carbocycles. The van der Waals surface area contributed by atoms with Gasteiger partial charge in [0.1, 0.15) is 5.54 Å². The van der Waals surface area contributed by atoms with Crippen LogP contribution in [0.2, 0.25) is 0 Å². The lowest BCUT2D eigenvalue weighted by atomic mass is 9.76. The average molecular weight is 418 g/mol. The zero-order valence-electron chi connectivity index (χ0n) is 16.7. The normalized spacial score (nSPS) is 28.7. The number of carbonyl (C=O) groups is 4. The zero-order valence-corrected chi connectivity index (χ0v) is 16.7. The van der Waals surface area contributed by atoms with Crippen molar-refractivity contribution in [3.05, 3.63) is 65.7 Å². The van der Waals surface area contributed by atoms with Crippen molar-refractivity contribution in [1.29, 1.82) is 0 Å². The quantitative estimate of drug-likeness (QED) is 0.622. The molecule has 0 radical (unpaired) electrons. The Bertz CT molecular complexity index is 1100. The van der Waals surface area contributed by atoms with Crippen LogP contribution in [0.4, 0.5) is 5.69 Å². The van der Waals surface area contributed by atoms with Crippen LogP contribution < -0.4 is 16.4 Å². The van der Waals surface area contributed by atoms with Gasteiger partial charge in [-0.25, -0.2) is 0 Å². The third kappa shape index (κ3) is 2.79. The SMILES string of the molecule is NC(=O)CC[C@@H]1N[C@]2(C(=O)Nc3ccccc32)[C@@H]2C(=O)N(Cc3ccccc3)C(=O)[C@H]12. The summed E-state index contributed by atoms with van der Waals surface area (Å²) in [6, 6.07) is 15.9. The number of carbonyl (C=O) groups excluding carboxylic acids is 4. The maximum atomic E-state index is 13.6. The molecule has 0 saturated carbocycles. The van der Waals surface area contributed by atoms with Crippen molar-refractivity contribution in [2.75, 3.05) is 5.32 Å². The van der Waals surface area contributed by atoms with Gasteiger partial charge in [0.25, 0.3) is 0 Å². The predicted octanol–water partition coefficient (Wildman–Crippen LogP) is 0.873. The molecule has 4 amide bonds. The van der Waals surface area contributed by atoms with E-state index in [-0.39, 0.29) is 37.1 Å². The molecule has 8 nitrogen and oxygen atoms in total. The molecule has 2 aromatic rings. The van der Waals surface area contributed by atoms with Gasteiger partial charge in [0.15, 0.2) is 0 Å². The van der Waals surface area contributed by atoms with Crippen molar-refractivity contribution >= 4 is 29.3 Å². The monoisotopic (exact) mass is 418 g/mol. The number of primary amides is 1. The fraction of sp³-hybridized carbons (Fsp3) is 0.304. The van der Waals surface area contributed by atoms with Crippen molar-refractivity contribution in [3.8, 4) is 0 Å². The van der Waals surface area contributed by atoms with Crippen molar-refractivity contribution < 1.29 is 19.2 Å². The average Bonchev–Trinajstić information content (AvgIpc) is 3.34. The third-order valence-corrected chi connectivity index (χ3v) is 6.60. The molecule has 3 heterocycles. The van der Waals surface area contributed by atoms with E-state index in [2.05, 4.69) is 10.6 Å². The van der Waals surface area contributed by atoms with E-state index in [9.17, 15) is 19.2 Å². The standard InChI is InChI=1S/C23H22N4O4/c24-17(28)11-10-16-18-19(21(30)27(20(18)29)12-13-6-2-1-3-7-13)23(26-16)14-8-4-5-9-15(14)25-22(23)31/h1-9,16,18-19,26H,10-12H2,(H2,24,28)(H,25,31)/t16-,18+,19-,23-/m0/s1. The minimum absolute atomic E-state index is 0.0559. The number of benzene rings is 2. The van der Waals surface area contributed by atoms with E-state index in [1.54, 1.807) is 24.3 Å². The number of amides is 4. The summed E-state index contributed by atoms with van der Waals surface area (Å²) in [5.74, 6) is -3.17. The number of nitrogens with zero attached hydrogens (tertiary/aromatic N) is 1. The van der Waals surface area contributed by atoms with Crippen molar-refractivity contribution in [1.82, 2.24) is 10.2 Å². The van der Waals surface area contributed by atoms with Gasteiger partial charge in [-0.15, -0.1) is 0 Å². The van der Waals surface area contributed by atoms with E-state index in [0.29, 0.717) is 11.3 Å². The highest BCUT2D eigenvalue weighted by Crippen LogP contribution is 2.53. The molecule has 0 unspecified atom stereocenters. The Balaban J connectivity index is 1.58. The highest BCUT2D eigenvalue weighted by atomic mass is 16.2. The number of imide groups is 1. The Hall–Kier alpha value is -3.52. The largest absolute Gasteiger partial charge is 0.370 e. The van der Waals surface area contributed by atoms with Gasteiger partial charge in [0.2, 0.25) is 23.6 Å². The predicted molar refractivity (Wildman–Crippen MR) is 111 cm³/mol. The molecule has 1 spiro atoms. The van der Waals surface area contributed by atoms with Gasteiger partial charge in [-0.3, -0.25) is 29.4 Å². The minimum atomic E-state index is -1.35. The molecule has 4 N–H and O–H groups in total. The smallest absolute Gasteiger partial charge is 0.250 e. The molecule has 3 aliphatic rings. The van der Waals surface area contributed by atoms with Crippen LogP contribution >= 0.6 is 0 Å². The van der Waals surface area contributed by atoms with Crippen LogP contribution in [-0.4, -0.2) is 34.6 Å². The van der Waals surface area contributed by atoms with E-state index in [1.807, 2.05) is 30.3 Å². The highest BCUT2D eigenvalue weighted by Gasteiger charge is 2.70. The van der Waals surface area contributed by atoms with Crippen LogP contribution in [0.1, 0.15) is 24.0 Å². The van der Waals surface area contributed by atoms with Crippen molar-refractivity contribution in [3.63, 3.8) is 0 Å². The Morgan fingerprint density at radius 3 is 2.45 bits per heavy atom. The topological polar surface area (TPSA) is 122 Å². The van der Waals surface area contributed by atoms with Crippen LogP contribution in [-0.2, 0) is 31.3 Å². The lowest BCUT2D eigenvalue weighted by Crippen LogP contribution is -2.53. The fourth-order valence-corrected chi connectivity index (χ4v) is 5.29. The number of rotatable bonds is 5. The molecule has 4 atom stereocenters. The minimum Gasteiger partial charge on any atom is -0.370 e. The second-order valence-electron chi connectivity index (χ2n) is 8.32. The first-order chi connectivity index (χ1) is 14.9. The second kappa shape index (κ2) is 7.02. The number of anilines is 1. The third-order valence-electron chi connectivity index (χ3n) is 6.60. The van der Waals surface area contributed by atoms with Gasteiger partial charge in [-0.05, 0) is 18.1 Å². The first-order valence-electron chi connectivity index (χ1n) is 10.3. The molecular weight excluding hydrogens is 396 g/mol. The Kier molecular flexibility index (Phi) is 4.40. The summed E-state index contributed by atoms with van der Waals surface area (Å²) in [5.41, 5.74) is 6.10. The van der Waals surface area contributed by atoms with Gasteiger partial charge in [0, 0.05) is 23.7 Å². The summed E-state index contributed by atoms with van der Waals surface area (Å²) in [6.07, 6.45) is 0.326. The van der Waals surface area contributed by atoms with Gasteiger partial charge in [-0.2, -0.15) is 0 Å². The number of nitrogens with two attached hydrogens (primary N) is 1. The number of fused-ring (bicyclic) bond motifs is 4. The number of hydrogen-bond acceptors (Lipinski definition) is 5. The Morgan fingerprint density at radius 2 is 1.71 bits per heavy atom. The summed E-state index contributed by atoms with van der Waals surface area (Å²) in [5, 5.41) is 6.14. The number of likely N-dealkylation sites (tertiary alicyclic amines) is 1. The summed E-state index contributed by atoms with van der Waals surface area (Å²) >= 11 is 0. The van der Waals surface area contributed by atoms with Crippen LogP contribution in [0.25, 0.3) is 0 Å². The number of para-hydroxylation sites is 1. The van der Waals surface area contributed by atoms with Gasteiger partial charge in [0.05, 0.1) is 18.4 Å². The van der Waals surface area contributed by atoms with Crippen LogP contribution in [0.5, 0.6) is 0 Å². The molecule has 3 aliphatic heterocycles. The van der Waals surface area contributed by atoms with Crippen LogP contribution in [0.15, 0.2) is 54.6 Å². The maximum Gasteiger partial charge on any atom is 0.250 e. The molecule has 2 aromatic carbocycles. The number of hydrogen-bond donors (Lipinski definition) is 3. The summed E-state index contributed by atoms with van der Waals surface area (Å²) < 4.78 is 0. The van der Waals surface area contributed by atoms with Gasteiger partial charge < -0.3 is 11.1 Å². The molecule has 8 heteroatoms. The molecule has 0 aromatic heterocycles. The summed E-state index contributed by atoms with van der Waals surface area (Å²) in [6.45, 7) is 0.146. The lowest BCUT2D eigenvalue weighted by Gasteiger charge is -2.29. The van der Waals surface area contributed by atoms with Gasteiger partial charge >= 0.3 is 0 Å². The van der Waals surface area contributed by atoms with Crippen molar-refractivity contribution in [2.24, 2.45) is 17.6 Å². The molecule has 5 rings (SSSR count). The first-order valence-corrected chi connectivity index (χ1v) is 10.3. The fourth-order valence-electron chi connectivity index (χ4n) is 5.29. The van der Waals surface area contributed by atoms with E-state index in [4.69, 9.17) is 5.73 Å². The number of nitrogens with one attached hydrogen (secondary N) is 2. The summed E-state index contributed by atoms with van der Waals surface area (Å²) in [7, 11) is 0. The highest BCUT2D eigenvalue weighted by molar-refractivity contribution is 6.15. The zero-order chi connectivity index (χ0) is 21.8. The Morgan fingerprint density at radius 1 is 1.00 bits per heavy atom. The lowest BCUT2D eigenvalue weighted by molar-refractivity contribution is -0.143. The second-order valence-corrected chi connectivity index (χ2v) is 8.32. The molecule has 31 heavy (non-hydrogen) atoms. The summed E-state index contributed by atoms with van der Waals surface area (Å²) in [4.78, 5) is 53.0. The molecule has 158 valence electrons. The van der Waals surface area contributed by atoms with E-state index in [1.165, 1.54) is 4.90 Å². The van der Waals surface area contributed by atoms with Crippen LogP contribution in [0.3, 0.4) is 0 Å². The Labute approximate surface area is 178 Å². The van der Waals surface area contributed by atoms with E-state index in [0.717, 1.165) is 5.56 Å². The van der Waals surface area contributed by atoms with Crippen LogP contribution in [0, 0.1) is 11.8 Å². The first kappa shape index (κ1) is 19.4. The van der Waals surface area contributed by atoms with E-state index >= 15 is 0 Å². The maximum absolute atomic E-state index is 13.6. The molecular formula is C23H22N4O4. The molecule has 2 saturated heterocycles. The van der Waals surface area contributed by atoms with E-state index < -0.39 is 29.3 Å². The van der Waals surface area contributed by atoms with Crippen molar-refractivity contribution in [2.45, 2.75) is 31.0 Å².